The average molecular weight is 292 g/mol. The van der Waals surface area contributed by atoms with Crippen molar-refractivity contribution in [3.63, 3.8) is 0 Å². The minimum Gasteiger partial charge on any atom is -0.464 e. The molecule has 6 nitrogen and oxygen atoms in total. The Bertz CT molecular complexity index is 532. The highest BCUT2D eigenvalue weighted by atomic mass is 16.6. The summed E-state index contributed by atoms with van der Waals surface area (Å²) in [6, 6.07) is 5.25. The number of nitrogens with zero attached hydrogens (tertiary/aromatic N) is 2. The van der Waals surface area contributed by atoms with Crippen molar-refractivity contribution in [3.8, 4) is 0 Å². The Balaban J connectivity index is 3.06. The van der Waals surface area contributed by atoms with E-state index in [0.29, 0.717) is 5.69 Å². The fraction of sp³-hybridized carbons (Fsp3) is 0.400. The summed E-state index contributed by atoms with van der Waals surface area (Å²) in [6.07, 6.45) is 2.42. The third kappa shape index (κ3) is 5.25. The second-order valence-electron chi connectivity index (χ2n) is 5.32. The van der Waals surface area contributed by atoms with Gasteiger partial charge in [0.1, 0.15) is 11.3 Å². The van der Waals surface area contributed by atoms with E-state index in [1.807, 2.05) is 0 Å². The predicted octanol–water partition coefficient (Wildman–Crippen LogP) is 2.46. The molecule has 0 saturated carbocycles. The fourth-order valence-corrected chi connectivity index (χ4v) is 1.43. The average Bonchev–Trinajstić information content (AvgIpc) is 2.42. The quantitative estimate of drug-likeness (QED) is 0.632. The van der Waals surface area contributed by atoms with E-state index in [9.17, 15) is 9.59 Å². The Morgan fingerprint density at radius 1 is 1.29 bits per heavy atom. The third-order valence-corrected chi connectivity index (χ3v) is 2.40. The summed E-state index contributed by atoms with van der Waals surface area (Å²) in [5, 5.41) is 0. The van der Waals surface area contributed by atoms with E-state index in [-0.39, 0.29) is 5.70 Å². The maximum absolute atomic E-state index is 12.0. The molecule has 0 fully saturated rings. The number of carbonyl (C=O) groups is 2. The van der Waals surface area contributed by atoms with Crippen molar-refractivity contribution in [3.05, 3.63) is 35.8 Å². The number of aromatic nitrogens is 1. The van der Waals surface area contributed by atoms with Gasteiger partial charge in [-0.05, 0) is 39.0 Å². The van der Waals surface area contributed by atoms with Gasteiger partial charge >= 0.3 is 12.1 Å². The van der Waals surface area contributed by atoms with Crippen LogP contribution < -0.4 is 0 Å². The first-order valence-electron chi connectivity index (χ1n) is 6.42. The van der Waals surface area contributed by atoms with Crippen molar-refractivity contribution in [1.82, 2.24) is 9.88 Å². The van der Waals surface area contributed by atoms with Crippen LogP contribution in [0.5, 0.6) is 0 Å². The van der Waals surface area contributed by atoms with E-state index < -0.39 is 17.7 Å². The molecule has 0 aliphatic rings. The smallest absolute Gasteiger partial charge is 0.414 e. The number of methoxy groups -OCH3 is 1. The summed E-state index contributed by atoms with van der Waals surface area (Å²) < 4.78 is 9.93. The number of pyridine rings is 1. The van der Waals surface area contributed by atoms with E-state index in [1.54, 1.807) is 45.2 Å². The summed E-state index contributed by atoms with van der Waals surface area (Å²) in [4.78, 5) is 29.1. The van der Waals surface area contributed by atoms with Crippen LogP contribution in [0.2, 0.25) is 0 Å². The van der Waals surface area contributed by atoms with Crippen molar-refractivity contribution in [2.24, 2.45) is 0 Å². The second-order valence-corrected chi connectivity index (χ2v) is 5.32. The summed E-state index contributed by atoms with van der Waals surface area (Å²) in [5.41, 5.74) is -0.0730. The van der Waals surface area contributed by atoms with Gasteiger partial charge in [-0.1, -0.05) is 6.07 Å². The number of carbonyl (C=O) groups excluding carboxylic acids is 2. The molecule has 1 aromatic heterocycles. The largest absolute Gasteiger partial charge is 0.464 e. The van der Waals surface area contributed by atoms with Crippen molar-refractivity contribution in [1.29, 1.82) is 0 Å². The molecule has 21 heavy (non-hydrogen) atoms. The molecule has 0 aliphatic carbocycles. The number of esters is 1. The molecule has 1 heterocycles. The highest BCUT2D eigenvalue weighted by Crippen LogP contribution is 2.15. The molecule has 0 saturated heterocycles. The first-order valence-corrected chi connectivity index (χ1v) is 6.42. The van der Waals surface area contributed by atoms with Crippen molar-refractivity contribution >= 4 is 18.1 Å². The molecule has 0 N–H and O–H groups in total. The minimum absolute atomic E-state index is 0.0467. The maximum Gasteiger partial charge on any atom is 0.414 e. The molecule has 0 bridgehead atoms. The normalized spacial score (nSPS) is 11.8. The van der Waals surface area contributed by atoms with E-state index in [2.05, 4.69) is 4.98 Å². The monoisotopic (exact) mass is 292 g/mol. The Morgan fingerprint density at radius 2 is 1.95 bits per heavy atom. The Kier molecular flexibility index (Phi) is 5.46. The summed E-state index contributed by atoms with van der Waals surface area (Å²) in [5.74, 6) is -0.644. The van der Waals surface area contributed by atoms with Crippen LogP contribution >= 0.6 is 0 Å². The predicted molar refractivity (Wildman–Crippen MR) is 78.2 cm³/mol. The van der Waals surface area contributed by atoms with Gasteiger partial charge in [0.25, 0.3) is 0 Å². The lowest BCUT2D eigenvalue weighted by Crippen LogP contribution is -2.36. The molecule has 6 heteroatoms. The molecule has 0 aliphatic heterocycles. The number of amides is 1. The lowest BCUT2D eigenvalue weighted by molar-refractivity contribution is -0.137. The molecule has 1 rings (SSSR count). The molecule has 1 amide bonds. The van der Waals surface area contributed by atoms with Crippen molar-refractivity contribution in [2.45, 2.75) is 26.4 Å². The molecule has 114 valence electrons. The Hall–Kier alpha value is -2.37. The fourth-order valence-electron chi connectivity index (χ4n) is 1.43. The highest BCUT2D eigenvalue weighted by Gasteiger charge is 2.25. The third-order valence-electron chi connectivity index (χ3n) is 2.40. The van der Waals surface area contributed by atoms with Gasteiger partial charge in [0, 0.05) is 13.2 Å². The van der Waals surface area contributed by atoms with Gasteiger partial charge in [-0.25, -0.2) is 9.59 Å². The van der Waals surface area contributed by atoms with E-state index >= 15 is 0 Å². The number of rotatable bonds is 3. The zero-order chi connectivity index (χ0) is 16.0. The topological polar surface area (TPSA) is 68.7 Å². The lowest BCUT2D eigenvalue weighted by Gasteiger charge is -2.25. The first kappa shape index (κ1) is 16.7. The van der Waals surface area contributed by atoms with E-state index in [0.717, 1.165) is 4.90 Å². The van der Waals surface area contributed by atoms with Crippen LogP contribution in [-0.2, 0) is 14.3 Å². The molecule has 0 radical (unpaired) electrons. The maximum atomic E-state index is 12.0. The number of hydrogen-bond donors (Lipinski definition) is 0. The molecule has 1 aromatic rings. The minimum atomic E-state index is -0.655. The van der Waals surface area contributed by atoms with Crippen LogP contribution in [0.4, 0.5) is 4.79 Å². The zero-order valence-electron chi connectivity index (χ0n) is 12.9. The van der Waals surface area contributed by atoms with Crippen molar-refractivity contribution in [2.75, 3.05) is 14.2 Å². The van der Waals surface area contributed by atoms with Crippen molar-refractivity contribution < 1.29 is 19.1 Å². The van der Waals surface area contributed by atoms with Gasteiger partial charge < -0.3 is 9.47 Å². The van der Waals surface area contributed by atoms with Gasteiger partial charge in [-0.2, -0.15) is 0 Å². The number of ether oxygens (including phenoxy) is 2. The molecule has 0 unspecified atom stereocenters. The van der Waals surface area contributed by atoms with Crippen LogP contribution in [0.15, 0.2) is 30.1 Å². The highest BCUT2D eigenvalue weighted by molar-refractivity contribution is 5.96. The lowest BCUT2D eigenvalue weighted by atomic mass is 10.2. The Labute approximate surface area is 124 Å². The van der Waals surface area contributed by atoms with Gasteiger partial charge in [0.05, 0.1) is 12.8 Å². The molecular weight excluding hydrogens is 272 g/mol. The summed E-state index contributed by atoms with van der Waals surface area (Å²) >= 11 is 0. The second kappa shape index (κ2) is 6.88. The molecular formula is C15H20N2O4. The van der Waals surface area contributed by atoms with Crippen LogP contribution in [-0.4, -0.2) is 41.7 Å². The van der Waals surface area contributed by atoms with E-state index in [1.165, 1.54) is 20.2 Å². The first-order chi connectivity index (χ1) is 9.74. The van der Waals surface area contributed by atoms with Gasteiger partial charge in [0.15, 0.2) is 0 Å². The van der Waals surface area contributed by atoms with Crippen LogP contribution in [0, 0.1) is 0 Å². The summed E-state index contributed by atoms with van der Waals surface area (Å²) in [7, 11) is 2.69. The standard InChI is InChI=1S/C15H20N2O4/c1-15(2,3)21-14(19)17(4)12(13(18)20-5)10-11-8-6-7-9-16-11/h6-10H,1-5H3/b12-10+. The van der Waals surface area contributed by atoms with Crippen LogP contribution in [0.1, 0.15) is 26.5 Å². The summed E-state index contributed by atoms with van der Waals surface area (Å²) in [6.45, 7) is 5.25. The van der Waals surface area contributed by atoms with Gasteiger partial charge in [-0.15, -0.1) is 0 Å². The number of likely N-dealkylation sites (N-methyl/N-ethyl adjacent to an activating group) is 1. The van der Waals surface area contributed by atoms with Gasteiger partial charge in [-0.3, -0.25) is 9.88 Å². The van der Waals surface area contributed by atoms with Crippen LogP contribution in [0.3, 0.4) is 0 Å². The zero-order valence-corrected chi connectivity index (χ0v) is 12.9. The SMILES string of the molecule is COC(=O)/C(=C\c1ccccn1)N(C)C(=O)OC(C)(C)C. The molecule has 0 aromatic carbocycles. The van der Waals surface area contributed by atoms with Gasteiger partial charge in [0.2, 0.25) is 0 Å². The van der Waals surface area contributed by atoms with E-state index in [4.69, 9.17) is 9.47 Å². The molecule has 0 atom stereocenters. The molecule has 0 spiro atoms. The number of hydrogen-bond acceptors (Lipinski definition) is 5. The Morgan fingerprint density at radius 3 is 2.43 bits per heavy atom. The van der Waals surface area contributed by atoms with Crippen LogP contribution in [0.25, 0.3) is 6.08 Å².